The van der Waals surface area contributed by atoms with Crippen molar-refractivity contribution < 1.29 is 9.47 Å². The molecular weight excluding hydrogens is 250 g/mol. The first-order valence-electron chi connectivity index (χ1n) is 6.93. The average Bonchev–Trinajstić information content (AvgIpc) is 2.45. The highest BCUT2D eigenvalue weighted by Gasteiger charge is 2.39. The molecule has 0 aliphatic carbocycles. The molecule has 0 fully saturated rings. The molecule has 0 heterocycles. The van der Waals surface area contributed by atoms with E-state index in [0.717, 1.165) is 29.9 Å². The standard InChI is InChI=1S/C17H25NO2/c1-7-10-17(12-18-4,13(2)3)14-8-9-15(19-5)16(11-14)20-6/h8-9,11,13H,1,7,10H2,2-6H3/q+1. The van der Waals surface area contributed by atoms with Gasteiger partial charge in [-0.15, -0.1) is 0 Å². The summed E-state index contributed by atoms with van der Waals surface area (Å²) in [6, 6.07) is 9.31. The molecule has 1 radical (unpaired) electrons. The molecule has 1 aromatic rings. The predicted octanol–water partition coefficient (Wildman–Crippen LogP) is 4.17. The number of hydrogen-bond acceptors (Lipinski definition) is 2. The molecule has 20 heavy (non-hydrogen) atoms. The second-order valence-electron chi connectivity index (χ2n) is 5.13. The molecule has 3 nitrogen and oxygen atoms in total. The van der Waals surface area contributed by atoms with Crippen molar-refractivity contribution >= 4 is 0 Å². The van der Waals surface area contributed by atoms with E-state index in [1.165, 1.54) is 0 Å². The van der Waals surface area contributed by atoms with Crippen molar-refractivity contribution in [2.75, 3.05) is 21.3 Å². The molecule has 1 atom stereocenters. The summed E-state index contributed by atoms with van der Waals surface area (Å²) in [6.07, 6.45) is 1.73. The normalized spacial score (nSPS) is 13.3. The number of rotatable bonds is 6. The second-order valence-corrected chi connectivity index (χ2v) is 5.13. The van der Waals surface area contributed by atoms with Crippen molar-refractivity contribution in [1.82, 2.24) is 0 Å². The molecular formula is C17H25NO2+. The molecule has 3 heteroatoms. The molecule has 0 amide bonds. The zero-order chi connectivity index (χ0) is 15.2. The molecule has 0 spiro atoms. The molecule has 0 aromatic heterocycles. The Bertz CT molecular complexity index is 499. The Morgan fingerprint density at radius 2 is 1.90 bits per heavy atom. The minimum absolute atomic E-state index is 0.240. The maximum Gasteiger partial charge on any atom is 0.284 e. The van der Waals surface area contributed by atoms with E-state index in [0.29, 0.717) is 5.92 Å². The summed E-state index contributed by atoms with van der Waals surface area (Å²) in [5.74, 6) is 1.83. The predicted molar refractivity (Wildman–Crippen MR) is 83.8 cm³/mol. The monoisotopic (exact) mass is 275 g/mol. The molecule has 0 saturated heterocycles. The first-order valence-corrected chi connectivity index (χ1v) is 6.93. The first-order chi connectivity index (χ1) is 9.55. The number of ether oxygens (including phenoxy) is 2. The van der Waals surface area contributed by atoms with Gasteiger partial charge in [-0.2, -0.15) is 0 Å². The SMILES string of the molecule is [CH2]CCC(C#[N+]C)(c1ccc(OC)c(OC)c1)C(C)C. The molecule has 0 saturated carbocycles. The zero-order valence-electron chi connectivity index (χ0n) is 13.2. The van der Waals surface area contributed by atoms with E-state index < -0.39 is 0 Å². The summed E-state index contributed by atoms with van der Waals surface area (Å²) in [5.41, 5.74) is 0.898. The highest BCUT2D eigenvalue weighted by Crippen LogP contribution is 2.40. The zero-order valence-corrected chi connectivity index (χ0v) is 13.2. The van der Waals surface area contributed by atoms with Crippen LogP contribution >= 0.6 is 0 Å². The third kappa shape index (κ3) is 3.07. The molecule has 1 rings (SSSR count). The van der Waals surface area contributed by atoms with Crippen LogP contribution in [-0.4, -0.2) is 21.3 Å². The highest BCUT2D eigenvalue weighted by molar-refractivity contribution is 5.47. The van der Waals surface area contributed by atoms with Crippen LogP contribution in [0.1, 0.15) is 32.3 Å². The number of benzene rings is 1. The largest absolute Gasteiger partial charge is 0.493 e. The van der Waals surface area contributed by atoms with Gasteiger partial charge in [0.05, 0.1) is 14.2 Å². The highest BCUT2D eigenvalue weighted by atomic mass is 16.5. The summed E-state index contributed by atoms with van der Waals surface area (Å²) >= 11 is 0. The van der Waals surface area contributed by atoms with E-state index >= 15 is 0 Å². The molecule has 109 valence electrons. The van der Waals surface area contributed by atoms with Gasteiger partial charge in [-0.1, -0.05) is 38.1 Å². The Morgan fingerprint density at radius 1 is 1.25 bits per heavy atom. The maximum atomic E-state index is 5.41. The Hall–Kier alpha value is -1.69. The topological polar surface area (TPSA) is 22.8 Å². The third-order valence-corrected chi connectivity index (χ3v) is 3.77. The number of nitrogens with zero attached hydrogens (tertiary/aromatic N) is 1. The van der Waals surface area contributed by atoms with Gasteiger partial charge in [-0.05, 0) is 30.0 Å². The van der Waals surface area contributed by atoms with E-state index in [4.69, 9.17) is 9.47 Å². The third-order valence-electron chi connectivity index (χ3n) is 3.77. The maximum absolute atomic E-state index is 5.41. The van der Waals surface area contributed by atoms with Crippen molar-refractivity contribution in [3.8, 4) is 17.6 Å². The van der Waals surface area contributed by atoms with E-state index in [1.807, 2.05) is 12.1 Å². The quantitative estimate of drug-likeness (QED) is 0.777. The molecule has 0 aliphatic heterocycles. The molecule has 1 unspecified atom stereocenters. The van der Waals surface area contributed by atoms with Crippen LogP contribution in [0, 0.1) is 18.9 Å². The lowest BCUT2D eigenvalue weighted by Crippen LogP contribution is -2.30. The molecule has 0 bridgehead atoms. The van der Waals surface area contributed by atoms with Crippen LogP contribution in [-0.2, 0) is 5.41 Å². The van der Waals surface area contributed by atoms with E-state index in [1.54, 1.807) is 21.3 Å². The van der Waals surface area contributed by atoms with Gasteiger partial charge >= 0.3 is 0 Å². The van der Waals surface area contributed by atoms with Crippen molar-refractivity contribution in [3.05, 3.63) is 35.5 Å². The molecule has 1 aromatic carbocycles. The van der Waals surface area contributed by atoms with Gasteiger partial charge in [0, 0.05) is 0 Å². The Kier molecular flexibility index (Phi) is 5.88. The van der Waals surface area contributed by atoms with Gasteiger partial charge in [0.1, 0.15) is 5.41 Å². The fraction of sp³-hybridized carbons (Fsp3) is 0.529. The molecule has 0 N–H and O–H groups in total. The lowest BCUT2D eigenvalue weighted by molar-refractivity contribution is 0.346. The minimum atomic E-state index is -0.240. The first kappa shape index (κ1) is 16.4. The summed E-state index contributed by atoms with van der Waals surface area (Å²) < 4.78 is 10.7. The Morgan fingerprint density at radius 3 is 2.35 bits per heavy atom. The van der Waals surface area contributed by atoms with Gasteiger partial charge in [0.2, 0.25) is 0 Å². The van der Waals surface area contributed by atoms with E-state index in [-0.39, 0.29) is 5.41 Å². The van der Waals surface area contributed by atoms with Crippen molar-refractivity contribution in [3.63, 3.8) is 0 Å². The second kappa shape index (κ2) is 7.19. The lowest BCUT2D eigenvalue weighted by Gasteiger charge is -2.28. The van der Waals surface area contributed by atoms with Crippen LogP contribution in [0.3, 0.4) is 0 Å². The Labute approximate surface area is 122 Å². The van der Waals surface area contributed by atoms with Crippen molar-refractivity contribution in [1.29, 1.82) is 0 Å². The van der Waals surface area contributed by atoms with Gasteiger partial charge in [0.15, 0.2) is 11.5 Å². The van der Waals surface area contributed by atoms with Crippen LogP contribution in [0.15, 0.2) is 18.2 Å². The van der Waals surface area contributed by atoms with Crippen LogP contribution in [0.5, 0.6) is 11.5 Å². The van der Waals surface area contributed by atoms with Crippen LogP contribution in [0.25, 0.3) is 4.85 Å². The van der Waals surface area contributed by atoms with Gasteiger partial charge in [0.25, 0.3) is 13.1 Å². The average molecular weight is 275 g/mol. The summed E-state index contributed by atoms with van der Waals surface area (Å²) in [7, 11) is 5.06. The van der Waals surface area contributed by atoms with E-state index in [2.05, 4.69) is 37.8 Å². The molecule has 0 aliphatic rings. The van der Waals surface area contributed by atoms with Crippen LogP contribution < -0.4 is 9.47 Å². The van der Waals surface area contributed by atoms with Crippen LogP contribution in [0.2, 0.25) is 0 Å². The minimum Gasteiger partial charge on any atom is -0.493 e. The summed E-state index contributed by atoms with van der Waals surface area (Å²) in [6.45, 7) is 8.37. The fourth-order valence-corrected chi connectivity index (χ4v) is 2.61. The number of hydrogen-bond donors (Lipinski definition) is 0. The van der Waals surface area contributed by atoms with Crippen LogP contribution in [0.4, 0.5) is 0 Å². The van der Waals surface area contributed by atoms with Crippen molar-refractivity contribution in [2.45, 2.75) is 32.1 Å². The van der Waals surface area contributed by atoms with Gasteiger partial charge in [-0.3, -0.25) is 0 Å². The van der Waals surface area contributed by atoms with Crippen molar-refractivity contribution in [2.24, 2.45) is 5.92 Å². The fourth-order valence-electron chi connectivity index (χ4n) is 2.61. The van der Waals surface area contributed by atoms with Gasteiger partial charge in [-0.25, -0.2) is 0 Å². The number of methoxy groups -OCH3 is 2. The van der Waals surface area contributed by atoms with E-state index in [9.17, 15) is 0 Å². The summed E-state index contributed by atoms with van der Waals surface area (Å²) in [4.78, 5) is 4.17. The Balaban J connectivity index is 3.43. The smallest absolute Gasteiger partial charge is 0.284 e. The van der Waals surface area contributed by atoms with Gasteiger partial charge < -0.3 is 9.47 Å². The lowest BCUT2D eigenvalue weighted by atomic mass is 9.70. The summed E-state index contributed by atoms with van der Waals surface area (Å²) in [5, 5.41) is 0.